The van der Waals surface area contributed by atoms with Crippen LogP contribution in [0.4, 0.5) is 0 Å². The van der Waals surface area contributed by atoms with E-state index in [2.05, 4.69) is 31.9 Å². The topological polar surface area (TPSA) is 9.23 Å². The molecule has 0 rings (SSSR count). The molecule has 3 heteroatoms. The Balaban J connectivity index is 3.18. The van der Waals surface area contributed by atoms with Crippen LogP contribution in [0.3, 0.4) is 0 Å². The van der Waals surface area contributed by atoms with Crippen molar-refractivity contribution in [3.63, 3.8) is 0 Å². The van der Waals surface area contributed by atoms with Crippen molar-refractivity contribution >= 4 is 31.9 Å². The zero-order chi connectivity index (χ0) is 7.11. The molecule has 1 unspecified atom stereocenters. The van der Waals surface area contributed by atoms with Gasteiger partial charge in [0.15, 0.2) is 0 Å². The largest absolute Gasteiger partial charge is 0.378 e. The molecule has 0 spiro atoms. The average Bonchev–Trinajstić information content (AvgIpc) is 1.88. The van der Waals surface area contributed by atoms with E-state index in [1.807, 2.05) is 6.92 Å². The standard InChI is InChI=1S/C6H12Br2O/c1-2-9-6(5-8)3-4-7/h6H,2-5H2,1H3. The van der Waals surface area contributed by atoms with Crippen molar-refractivity contribution in [1.82, 2.24) is 0 Å². The average molecular weight is 260 g/mol. The van der Waals surface area contributed by atoms with Gasteiger partial charge in [-0.3, -0.25) is 0 Å². The zero-order valence-corrected chi connectivity index (χ0v) is 8.74. The van der Waals surface area contributed by atoms with Gasteiger partial charge in [-0.15, -0.1) is 0 Å². The van der Waals surface area contributed by atoms with Crippen molar-refractivity contribution in [1.29, 1.82) is 0 Å². The van der Waals surface area contributed by atoms with Gasteiger partial charge in [0.1, 0.15) is 0 Å². The molecule has 56 valence electrons. The summed E-state index contributed by atoms with van der Waals surface area (Å²) in [6.07, 6.45) is 1.47. The fourth-order valence-corrected chi connectivity index (χ4v) is 1.58. The molecular weight excluding hydrogens is 248 g/mol. The highest BCUT2D eigenvalue weighted by Crippen LogP contribution is 2.04. The van der Waals surface area contributed by atoms with E-state index in [4.69, 9.17) is 4.74 Å². The van der Waals surface area contributed by atoms with Crippen LogP contribution >= 0.6 is 31.9 Å². The molecule has 0 aromatic heterocycles. The maximum atomic E-state index is 5.35. The van der Waals surface area contributed by atoms with Gasteiger partial charge in [-0.2, -0.15) is 0 Å². The Kier molecular flexibility index (Phi) is 7.75. The maximum absolute atomic E-state index is 5.35. The minimum atomic E-state index is 0.384. The summed E-state index contributed by atoms with van der Waals surface area (Å²) in [5.74, 6) is 0. The first-order valence-corrected chi connectivity index (χ1v) is 5.33. The van der Waals surface area contributed by atoms with Gasteiger partial charge in [-0.25, -0.2) is 0 Å². The van der Waals surface area contributed by atoms with Crippen molar-refractivity contribution in [2.24, 2.45) is 0 Å². The minimum absolute atomic E-state index is 0.384. The van der Waals surface area contributed by atoms with Crippen LogP contribution in [0.2, 0.25) is 0 Å². The lowest BCUT2D eigenvalue weighted by atomic mass is 10.3. The van der Waals surface area contributed by atoms with Crippen LogP contribution in [0.25, 0.3) is 0 Å². The summed E-state index contributed by atoms with van der Waals surface area (Å²) in [5.41, 5.74) is 0. The van der Waals surface area contributed by atoms with Gasteiger partial charge >= 0.3 is 0 Å². The van der Waals surface area contributed by atoms with Crippen LogP contribution in [0.5, 0.6) is 0 Å². The molecule has 0 N–H and O–H groups in total. The van der Waals surface area contributed by atoms with E-state index in [0.29, 0.717) is 6.10 Å². The predicted molar refractivity (Wildman–Crippen MR) is 47.6 cm³/mol. The van der Waals surface area contributed by atoms with E-state index in [0.717, 1.165) is 23.7 Å². The Bertz CT molecular complexity index is 53.0. The first-order valence-electron chi connectivity index (χ1n) is 3.08. The van der Waals surface area contributed by atoms with Gasteiger partial charge in [-0.1, -0.05) is 31.9 Å². The normalized spacial score (nSPS) is 13.7. The number of rotatable bonds is 5. The van der Waals surface area contributed by atoms with Crippen molar-refractivity contribution < 1.29 is 4.74 Å². The molecule has 0 aliphatic rings. The number of halogens is 2. The second-order valence-electron chi connectivity index (χ2n) is 1.71. The number of hydrogen-bond acceptors (Lipinski definition) is 1. The second-order valence-corrected chi connectivity index (χ2v) is 3.15. The number of hydrogen-bond donors (Lipinski definition) is 0. The summed E-state index contributed by atoms with van der Waals surface area (Å²) in [6, 6.07) is 0. The molecule has 0 saturated carbocycles. The predicted octanol–water partition coefficient (Wildman–Crippen LogP) is 2.57. The van der Waals surface area contributed by atoms with E-state index in [1.165, 1.54) is 0 Å². The first kappa shape index (κ1) is 9.92. The Labute approximate surface area is 73.4 Å². The van der Waals surface area contributed by atoms with E-state index in [1.54, 1.807) is 0 Å². The molecule has 0 aromatic carbocycles. The van der Waals surface area contributed by atoms with Crippen LogP contribution in [-0.4, -0.2) is 23.4 Å². The minimum Gasteiger partial charge on any atom is -0.378 e. The molecule has 0 fully saturated rings. The van der Waals surface area contributed by atoms with Crippen LogP contribution in [-0.2, 0) is 4.74 Å². The summed E-state index contributed by atoms with van der Waals surface area (Å²) in [5, 5.41) is 1.95. The van der Waals surface area contributed by atoms with Crippen LogP contribution in [0.1, 0.15) is 13.3 Å². The monoisotopic (exact) mass is 258 g/mol. The molecule has 0 heterocycles. The first-order chi connectivity index (χ1) is 4.35. The summed E-state index contributed by atoms with van der Waals surface area (Å²) >= 11 is 6.73. The molecular formula is C6H12Br2O. The van der Waals surface area contributed by atoms with E-state index >= 15 is 0 Å². The highest BCUT2D eigenvalue weighted by Gasteiger charge is 2.03. The molecule has 0 aromatic rings. The van der Waals surface area contributed by atoms with Gasteiger partial charge < -0.3 is 4.74 Å². The summed E-state index contributed by atoms with van der Waals surface area (Å²) < 4.78 is 5.35. The van der Waals surface area contributed by atoms with Crippen molar-refractivity contribution in [3.05, 3.63) is 0 Å². The summed E-state index contributed by atoms with van der Waals surface area (Å²) in [6.45, 7) is 2.83. The Morgan fingerprint density at radius 1 is 1.44 bits per heavy atom. The number of alkyl halides is 2. The molecule has 0 bridgehead atoms. The van der Waals surface area contributed by atoms with Gasteiger partial charge in [0, 0.05) is 17.3 Å². The molecule has 9 heavy (non-hydrogen) atoms. The third-order valence-corrected chi connectivity index (χ3v) is 2.19. The lowest BCUT2D eigenvalue weighted by Crippen LogP contribution is -2.14. The van der Waals surface area contributed by atoms with Crippen LogP contribution in [0, 0.1) is 0 Å². The summed E-state index contributed by atoms with van der Waals surface area (Å²) in [7, 11) is 0. The molecule has 0 saturated heterocycles. The van der Waals surface area contributed by atoms with Crippen molar-refractivity contribution in [2.75, 3.05) is 17.3 Å². The Morgan fingerprint density at radius 2 is 2.11 bits per heavy atom. The molecule has 0 aliphatic heterocycles. The SMILES string of the molecule is CCOC(CBr)CCBr. The fourth-order valence-electron chi connectivity index (χ4n) is 0.562. The second kappa shape index (κ2) is 7.03. The Hall–Kier alpha value is 0.920. The van der Waals surface area contributed by atoms with Gasteiger partial charge in [0.25, 0.3) is 0 Å². The third-order valence-electron chi connectivity index (χ3n) is 1.01. The number of ether oxygens (including phenoxy) is 1. The lowest BCUT2D eigenvalue weighted by molar-refractivity contribution is 0.0791. The molecule has 0 radical (unpaired) electrons. The van der Waals surface area contributed by atoms with E-state index < -0.39 is 0 Å². The zero-order valence-electron chi connectivity index (χ0n) is 5.57. The van der Waals surface area contributed by atoms with Crippen LogP contribution < -0.4 is 0 Å². The van der Waals surface area contributed by atoms with Crippen molar-refractivity contribution in [2.45, 2.75) is 19.4 Å². The highest BCUT2D eigenvalue weighted by molar-refractivity contribution is 9.09. The third kappa shape index (κ3) is 5.37. The molecule has 0 aliphatic carbocycles. The van der Waals surface area contributed by atoms with Crippen LogP contribution in [0.15, 0.2) is 0 Å². The lowest BCUT2D eigenvalue weighted by Gasteiger charge is -2.11. The van der Waals surface area contributed by atoms with Gasteiger partial charge in [-0.05, 0) is 13.3 Å². The summed E-state index contributed by atoms with van der Waals surface area (Å²) in [4.78, 5) is 0. The van der Waals surface area contributed by atoms with Crippen molar-refractivity contribution in [3.8, 4) is 0 Å². The maximum Gasteiger partial charge on any atom is 0.0679 e. The Morgan fingerprint density at radius 3 is 2.44 bits per heavy atom. The van der Waals surface area contributed by atoms with Gasteiger partial charge in [0.05, 0.1) is 6.10 Å². The smallest absolute Gasteiger partial charge is 0.0679 e. The highest BCUT2D eigenvalue weighted by atomic mass is 79.9. The molecule has 1 nitrogen and oxygen atoms in total. The fraction of sp³-hybridized carbons (Fsp3) is 1.00. The molecule has 1 atom stereocenters. The van der Waals surface area contributed by atoms with E-state index in [-0.39, 0.29) is 0 Å². The van der Waals surface area contributed by atoms with E-state index in [9.17, 15) is 0 Å². The molecule has 0 amide bonds. The van der Waals surface area contributed by atoms with Gasteiger partial charge in [0.2, 0.25) is 0 Å². The quantitative estimate of drug-likeness (QED) is 0.690.